The first-order valence-corrected chi connectivity index (χ1v) is 24.1. The summed E-state index contributed by atoms with van der Waals surface area (Å²) in [4.78, 5) is 119. The van der Waals surface area contributed by atoms with Crippen molar-refractivity contribution >= 4 is 46.3 Å². The molecule has 0 spiro atoms. The van der Waals surface area contributed by atoms with Crippen LogP contribution in [-0.2, 0) is 75.3 Å². The normalized spacial score (nSPS) is 11.4. The van der Waals surface area contributed by atoms with Gasteiger partial charge in [0.15, 0.2) is 34.8 Å². The zero-order valence-corrected chi connectivity index (χ0v) is 41.6. The highest BCUT2D eigenvalue weighted by Gasteiger charge is 2.22. The minimum Gasteiger partial charge on any atom is -0.348 e. The number of carbonyl (C=O) groups excluding carboxylic acids is 8. The lowest BCUT2D eigenvalue weighted by atomic mass is 10.1. The van der Waals surface area contributed by atoms with E-state index < -0.39 is 0 Å². The maximum Gasteiger partial charge on any atom is 0.202 e. The Bertz CT molecular complexity index is 2640. The lowest BCUT2D eigenvalue weighted by molar-refractivity contribution is -0.119. The zero-order valence-electron chi connectivity index (χ0n) is 41.6. The fourth-order valence-corrected chi connectivity index (χ4v) is 8.58. The second-order valence-electron chi connectivity index (χ2n) is 18.5. The molecule has 0 amide bonds. The van der Waals surface area contributed by atoms with E-state index >= 15 is 0 Å². The summed E-state index contributed by atoms with van der Waals surface area (Å²) in [5.41, 5.74) is 3.14. The molecule has 5 aromatic heterocycles. The Balaban J connectivity index is 0.992. The number of hydrogen-bond acceptors (Lipinski definition) is 12. The molecule has 17 nitrogen and oxygen atoms in total. The fraction of sp³-hybridized carbons (Fsp3) is 0.519. The first-order chi connectivity index (χ1) is 32.9. The summed E-state index contributed by atoms with van der Waals surface area (Å²) in [7, 11) is 10.7. The summed E-state index contributed by atoms with van der Waals surface area (Å²) < 4.78 is 8.21. The third kappa shape index (κ3) is 16.0. The van der Waals surface area contributed by atoms with Crippen LogP contribution in [0.3, 0.4) is 0 Å². The van der Waals surface area contributed by atoms with Gasteiger partial charge < -0.3 is 27.7 Å². The van der Waals surface area contributed by atoms with Gasteiger partial charge in [-0.3, -0.25) is 38.4 Å². The molecule has 0 aromatic carbocycles. The summed E-state index contributed by atoms with van der Waals surface area (Å²) in [5, 5.41) is 0. The number of ketones is 8. The Labute approximate surface area is 404 Å². The van der Waals surface area contributed by atoms with Gasteiger partial charge in [-0.1, -0.05) is 13.3 Å². The molecule has 0 aliphatic carbocycles. The van der Waals surface area contributed by atoms with E-state index in [2.05, 4.69) is 33.8 Å². The van der Waals surface area contributed by atoms with Gasteiger partial charge in [-0.05, 0) is 81.9 Å². The SMILES string of the molecule is CCCCN(C)CCCCC(=O)CCCC(=O)c1nc(CC(=O)CCCC(=O)c2cc(CC(=O)c3nc(CC(=O)CCCC(=O)c4cc(CC(=O)c5nccn5C)cn4C)cn3C)cn2C)cn1C. The topological polar surface area (TPSA) is 203 Å². The number of rotatable bonds is 33. The second-order valence-corrected chi connectivity index (χ2v) is 18.5. The van der Waals surface area contributed by atoms with Crippen LogP contribution in [0.1, 0.15) is 172 Å². The van der Waals surface area contributed by atoms with E-state index in [1.165, 1.54) is 12.8 Å². The van der Waals surface area contributed by atoms with Gasteiger partial charge >= 0.3 is 0 Å². The van der Waals surface area contributed by atoms with Crippen LogP contribution in [-0.4, -0.2) is 109 Å². The van der Waals surface area contributed by atoms with Gasteiger partial charge in [-0.25, -0.2) is 15.0 Å². The number of aromatic nitrogens is 8. The molecule has 0 bridgehead atoms. The Morgan fingerprint density at radius 3 is 1.41 bits per heavy atom. The number of aryl methyl sites for hydroxylation is 5. The van der Waals surface area contributed by atoms with Gasteiger partial charge in [0.25, 0.3) is 0 Å². The van der Waals surface area contributed by atoms with Crippen LogP contribution in [0.15, 0.2) is 49.3 Å². The summed E-state index contributed by atoms with van der Waals surface area (Å²) in [6, 6.07) is 3.38. The molecular weight excluding hydrogens is 879 g/mol. The van der Waals surface area contributed by atoms with E-state index in [1.54, 1.807) is 107 Å². The fourth-order valence-electron chi connectivity index (χ4n) is 8.58. The monoisotopic (exact) mass is 948 g/mol. The molecule has 0 saturated heterocycles. The lowest BCUT2D eigenvalue weighted by Crippen LogP contribution is -2.20. The van der Waals surface area contributed by atoms with Crippen LogP contribution in [0.4, 0.5) is 0 Å². The largest absolute Gasteiger partial charge is 0.348 e. The minimum atomic E-state index is -0.280. The van der Waals surface area contributed by atoms with Gasteiger partial charge in [0.05, 0.1) is 35.6 Å². The van der Waals surface area contributed by atoms with Crippen molar-refractivity contribution in [2.45, 2.75) is 122 Å². The molecule has 0 N–H and O–H groups in total. The third-order valence-electron chi connectivity index (χ3n) is 12.3. The van der Waals surface area contributed by atoms with Crippen LogP contribution < -0.4 is 0 Å². The van der Waals surface area contributed by atoms with Gasteiger partial charge in [0.1, 0.15) is 17.3 Å². The van der Waals surface area contributed by atoms with Gasteiger partial charge in [0.2, 0.25) is 11.6 Å². The van der Waals surface area contributed by atoms with Crippen molar-refractivity contribution in [3.8, 4) is 0 Å². The highest BCUT2D eigenvalue weighted by atomic mass is 16.2. The summed E-state index contributed by atoms with van der Waals surface area (Å²) >= 11 is 0. The molecule has 5 heterocycles. The standard InChI is InChI=1S/C52H69N9O8/c1-8-9-23-56(2)24-11-10-15-40(62)16-12-21-47(67)51-54-38(34-60(51)6)30-41(63)17-13-20-46(66)44-27-37(33-59(44)5)29-49(69)52-55-39(35-61(52)7)31-42(64)18-14-19-45(65)43-26-36(32-58(43)4)28-48(68)50-53-22-25-57(50)3/h22,25-27,32-35H,8-21,23-24,28-31H2,1-7H3. The van der Waals surface area contributed by atoms with Crippen molar-refractivity contribution in [1.29, 1.82) is 0 Å². The molecule has 0 atom stereocenters. The van der Waals surface area contributed by atoms with Crippen LogP contribution in [0, 0.1) is 0 Å². The molecule has 0 saturated carbocycles. The molecule has 0 aliphatic heterocycles. The predicted octanol–water partition coefficient (Wildman–Crippen LogP) is 6.57. The number of Topliss-reactive ketones (excluding diaryl/α,β-unsaturated/α-hetero) is 8. The van der Waals surface area contributed by atoms with E-state index in [0.717, 1.165) is 25.9 Å². The molecule has 370 valence electrons. The summed E-state index contributed by atoms with van der Waals surface area (Å²) in [6.45, 7) is 4.23. The molecule has 69 heavy (non-hydrogen) atoms. The third-order valence-corrected chi connectivity index (χ3v) is 12.3. The van der Waals surface area contributed by atoms with Gasteiger partial charge in [-0.2, -0.15) is 0 Å². The quantitative estimate of drug-likeness (QED) is 0.0324. The van der Waals surface area contributed by atoms with E-state index in [-0.39, 0.29) is 116 Å². The Morgan fingerprint density at radius 1 is 0.464 bits per heavy atom. The van der Waals surface area contributed by atoms with E-state index in [9.17, 15) is 38.4 Å². The smallest absolute Gasteiger partial charge is 0.202 e. The van der Waals surface area contributed by atoms with Crippen LogP contribution in [0.2, 0.25) is 0 Å². The average molecular weight is 948 g/mol. The van der Waals surface area contributed by atoms with Crippen molar-refractivity contribution < 1.29 is 38.4 Å². The van der Waals surface area contributed by atoms with Crippen LogP contribution in [0.25, 0.3) is 0 Å². The lowest BCUT2D eigenvalue weighted by Gasteiger charge is -2.15. The Morgan fingerprint density at radius 2 is 0.913 bits per heavy atom. The first-order valence-electron chi connectivity index (χ1n) is 24.1. The average Bonchev–Trinajstić information content (AvgIpc) is 4.13. The maximum atomic E-state index is 13.4. The Kier molecular flexibility index (Phi) is 20.0. The second kappa shape index (κ2) is 25.8. The first kappa shape index (κ1) is 53.5. The molecular formula is C52H69N9O8. The van der Waals surface area contributed by atoms with Crippen LogP contribution >= 0.6 is 0 Å². The van der Waals surface area contributed by atoms with Crippen molar-refractivity contribution in [2.24, 2.45) is 35.2 Å². The van der Waals surface area contributed by atoms with Crippen LogP contribution in [0.5, 0.6) is 0 Å². The molecule has 17 heteroatoms. The molecule has 0 unspecified atom stereocenters. The molecule has 0 radical (unpaired) electrons. The minimum absolute atomic E-state index is 0.0102. The summed E-state index contributed by atoms with van der Waals surface area (Å²) in [5.74, 6) is -0.139. The maximum absolute atomic E-state index is 13.4. The van der Waals surface area contributed by atoms with Crippen molar-refractivity contribution in [3.05, 3.63) is 101 Å². The van der Waals surface area contributed by atoms with Crippen molar-refractivity contribution in [1.82, 2.24) is 42.7 Å². The molecule has 0 aliphatic rings. The predicted molar refractivity (Wildman–Crippen MR) is 260 cm³/mol. The Hall–Kier alpha value is -6.49. The number of carbonyl (C=O) groups is 8. The molecule has 5 rings (SSSR count). The number of nitrogens with zero attached hydrogens (tertiary/aromatic N) is 9. The van der Waals surface area contributed by atoms with Gasteiger partial charge in [-0.15, -0.1) is 0 Å². The van der Waals surface area contributed by atoms with E-state index in [1.807, 2.05) is 0 Å². The number of unbranched alkanes of at least 4 members (excludes halogenated alkanes) is 2. The van der Waals surface area contributed by atoms with E-state index in [4.69, 9.17) is 0 Å². The zero-order chi connectivity index (χ0) is 50.2. The number of imidazole rings is 3. The molecule has 5 aromatic rings. The van der Waals surface area contributed by atoms with Crippen molar-refractivity contribution in [3.63, 3.8) is 0 Å². The highest BCUT2D eigenvalue weighted by molar-refractivity contribution is 5.98. The number of hydrogen-bond donors (Lipinski definition) is 0. The molecule has 0 fully saturated rings. The summed E-state index contributed by atoms with van der Waals surface area (Å²) in [6.07, 6.45) is 17.2. The van der Waals surface area contributed by atoms with Gasteiger partial charge in [0, 0.05) is 130 Å². The van der Waals surface area contributed by atoms with E-state index in [0.29, 0.717) is 71.8 Å². The van der Waals surface area contributed by atoms with Crippen molar-refractivity contribution in [2.75, 3.05) is 20.1 Å². The highest BCUT2D eigenvalue weighted by Crippen LogP contribution is 2.18.